The highest BCUT2D eigenvalue weighted by atomic mass is 32.2. The van der Waals surface area contributed by atoms with Crippen LogP contribution >= 0.6 is 0 Å². The summed E-state index contributed by atoms with van der Waals surface area (Å²) in [4.78, 5) is 12.4. The molecule has 0 radical (unpaired) electrons. The van der Waals surface area contributed by atoms with Gasteiger partial charge >= 0.3 is 0 Å². The van der Waals surface area contributed by atoms with Gasteiger partial charge in [0, 0.05) is 6.42 Å². The molecule has 45 heavy (non-hydrogen) atoms. The molecule has 0 aromatic heterocycles. The summed E-state index contributed by atoms with van der Waals surface area (Å²) in [5, 5.41) is 13.1. The fourth-order valence-electron chi connectivity index (χ4n) is 4.93. The van der Waals surface area contributed by atoms with Crippen molar-refractivity contribution in [1.82, 2.24) is 5.32 Å². The zero-order valence-electron chi connectivity index (χ0n) is 28.7. The maximum Gasteiger partial charge on any atom is 0.267 e. The number of carbonyl (C=O) groups excluding carboxylic acids is 1. The van der Waals surface area contributed by atoms with Crippen LogP contribution in [-0.2, 0) is 14.9 Å². The molecule has 0 aromatic carbocycles. The zero-order valence-corrected chi connectivity index (χ0v) is 29.5. The lowest BCUT2D eigenvalue weighted by Crippen LogP contribution is -2.46. The number of hydrogen-bond acceptors (Lipinski definition) is 4. The Kier molecular flexibility index (Phi) is 30.6. The van der Waals surface area contributed by atoms with Crippen molar-refractivity contribution in [3.05, 3.63) is 60.8 Å². The lowest BCUT2D eigenvalue weighted by molar-refractivity contribution is -0.122. The molecule has 0 rings (SSSR count). The summed E-state index contributed by atoms with van der Waals surface area (Å²) < 4.78 is 32.3. The smallest absolute Gasteiger partial charge is 0.267 e. The van der Waals surface area contributed by atoms with E-state index in [0.717, 1.165) is 64.2 Å². The van der Waals surface area contributed by atoms with E-state index in [1.54, 1.807) is 6.08 Å². The first-order valence-corrected chi connectivity index (χ1v) is 19.6. The Bertz CT molecular complexity index is 936. The molecule has 3 N–H and O–H groups in total. The molecule has 2 unspecified atom stereocenters. The standard InChI is InChI=1S/C38H67NO5S/c1-3-5-7-9-11-13-15-17-18-19-20-22-23-25-27-29-31-33-37(40)36(35-45(42,43)44)39-38(41)34-32-30-28-26-24-21-16-14-12-10-8-6-4-2/h8,10,14,16,18-19,23,25,31,33,36-37,40H,3-7,9,11-13,15,17,20-22,24,26-30,32,34-35H2,1-2H3,(H,39,41)(H,42,43,44)/b10-8-,16-14-,19-18+,25-23+,33-31+. The van der Waals surface area contributed by atoms with Crippen LogP contribution in [0.4, 0.5) is 0 Å². The molecule has 0 saturated heterocycles. The normalized spacial score (nSPS) is 14.1. The van der Waals surface area contributed by atoms with Crippen molar-refractivity contribution < 1.29 is 22.9 Å². The molecule has 0 fully saturated rings. The lowest BCUT2D eigenvalue weighted by Gasteiger charge is -2.21. The summed E-state index contributed by atoms with van der Waals surface area (Å²) in [6.07, 6.45) is 43.4. The van der Waals surface area contributed by atoms with Crippen LogP contribution in [0.15, 0.2) is 60.8 Å². The van der Waals surface area contributed by atoms with E-state index in [1.807, 2.05) is 0 Å². The summed E-state index contributed by atoms with van der Waals surface area (Å²) in [6.45, 7) is 4.43. The highest BCUT2D eigenvalue weighted by molar-refractivity contribution is 7.85. The van der Waals surface area contributed by atoms with E-state index in [9.17, 15) is 22.9 Å². The van der Waals surface area contributed by atoms with Gasteiger partial charge in [-0.3, -0.25) is 9.35 Å². The number of carbonyl (C=O) groups is 1. The van der Waals surface area contributed by atoms with Gasteiger partial charge in [-0.1, -0.05) is 139 Å². The van der Waals surface area contributed by atoms with E-state index in [0.29, 0.717) is 12.8 Å². The van der Waals surface area contributed by atoms with Gasteiger partial charge in [0.2, 0.25) is 5.91 Å². The largest absolute Gasteiger partial charge is 0.387 e. The highest BCUT2D eigenvalue weighted by Crippen LogP contribution is 2.11. The van der Waals surface area contributed by atoms with Crippen LogP contribution < -0.4 is 5.32 Å². The summed E-state index contributed by atoms with van der Waals surface area (Å²) in [5.41, 5.74) is 0. The van der Waals surface area contributed by atoms with Gasteiger partial charge in [-0.25, -0.2) is 0 Å². The van der Waals surface area contributed by atoms with Crippen molar-refractivity contribution in [3.63, 3.8) is 0 Å². The van der Waals surface area contributed by atoms with Crippen LogP contribution in [0.2, 0.25) is 0 Å². The molecule has 0 bridgehead atoms. The Hall–Kier alpha value is -1.96. The number of nitrogens with one attached hydrogen (secondary N) is 1. The minimum absolute atomic E-state index is 0.265. The van der Waals surface area contributed by atoms with Crippen molar-refractivity contribution >= 4 is 16.0 Å². The Morgan fingerprint density at radius 3 is 1.62 bits per heavy atom. The number of aliphatic hydroxyl groups excluding tert-OH is 1. The molecule has 0 aromatic rings. The third kappa shape index (κ3) is 33.2. The Labute approximate surface area is 277 Å². The molecule has 7 heteroatoms. The van der Waals surface area contributed by atoms with E-state index in [1.165, 1.54) is 63.9 Å². The summed E-state index contributed by atoms with van der Waals surface area (Å²) in [7, 11) is -4.36. The minimum atomic E-state index is -4.36. The average molecular weight is 650 g/mol. The van der Waals surface area contributed by atoms with Gasteiger partial charge in [0.25, 0.3) is 10.1 Å². The number of unbranched alkanes of at least 4 members (excludes halogenated alkanes) is 15. The third-order valence-electron chi connectivity index (χ3n) is 7.63. The summed E-state index contributed by atoms with van der Waals surface area (Å²) in [6, 6.07) is -1.09. The first kappa shape index (κ1) is 43.0. The van der Waals surface area contributed by atoms with Crippen molar-refractivity contribution in [2.45, 2.75) is 167 Å². The van der Waals surface area contributed by atoms with Crippen LogP contribution in [0.1, 0.15) is 155 Å². The second-order valence-electron chi connectivity index (χ2n) is 12.1. The Morgan fingerprint density at radius 2 is 1.07 bits per heavy atom. The third-order valence-corrected chi connectivity index (χ3v) is 8.41. The van der Waals surface area contributed by atoms with E-state index in [2.05, 4.69) is 67.8 Å². The van der Waals surface area contributed by atoms with Crippen LogP contribution in [0.5, 0.6) is 0 Å². The van der Waals surface area contributed by atoms with Crippen LogP contribution in [0.3, 0.4) is 0 Å². The van der Waals surface area contributed by atoms with Crippen molar-refractivity contribution in [1.29, 1.82) is 0 Å². The molecule has 0 aliphatic rings. The predicted molar refractivity (Wildman–Crippen MR) is 193 cm³/mol. The summed E-state index contributed by atoms with van der Waals surface area (Å²) >= 11 is 0. The molecule has 2 atom stereocenters. The monoisotopic (exact) mass is 649 g/mol. The molecule has 1 amide bonds. The van der Waals surface area contributed by atoms with Crippen molar-refractivity contribution in [2.24, 2.45) is 0 Å². The minimum Gasteiger partial charge on any atom is -0.387 e. The van der Waals surface area contributed by atoms with Gasteiger partial charge < -0.3 is 10.4 Å². The van der Waals surface area contributed by atoms with Gasteiger partial charge in [-0.2, -0.15) is 8.42 Å². The molecule has 0 spiro atoms. The fraction of sp³-hybridized carbons (Fsp3) is 0.711. The van der Waals surface area contributed by atoms with E-state index >= 15 is 0 Å². The first-order valence-electron chi connectivity index (χ1n) is 18.0. The van der Waals surface area contributed by atoms with Crippen molar-refractivity contribution in [2.75, 3.05) is 5.75 Å². The number of rotatable bonds is 31. The highest BCUT2D eigenvalue weighted by Gasteiger charge is 2.24. The molecular formula is C38H67NO5S. The van der Waals surface area contributed by atoms with E-state index < -0.39 is 28.0 Å². The van der Waals surface area contributed by atoms with Crippen LogP contribution in [0.25, 0.3) is 0 Å². The Morgan fingerprint density at radius 1 is 0.600 bits per heavy atom. The van der Waals surface area contributed by atoms with Gasteiger partial charge in [-0.05, 0) is 70.6 Å². The molecule has 0 heterocycles. The van der Waals surface area contributed by atoms with Crippen molar-refractivity contribution in [3.8, 4) is 0 Å². The molecular weight excluding hydrogens is 582 g/mol. The molecule has 6 nitrogen and oxygen atoms in total. The van der Waals surface area contributed by atoms with E-state index in [-0.39, 0.29) is 12.3 Å². The second kappa shape index (κ2) is 32.0. The first-order chi connectivity index (χ1) is 21.8. The van der Waals surface area contributed by atoms with Gasteiger partial charge in [0.05, 0.1) is 17.9 Å². The molecule has 0 aliphatic heterocycles. The summed E-state index contributed by atoms with van der Waals surface area (Å²) in [5.74, 6) is -1.03. The second-order valence-corrected chi connectivity index (χ2v) is 13.6. The quantitative estimate of drug-likeness (QED) is 0.0394. The number of hydrogen-bond donors (Lipinski definition) is 3. The Balaban J connectivity index is 4.13. The molecule has 0 aliphatic carbocycles. The average Bonchev–Trinajstić information content (AvgIpc) is 3.00. The van der Waals surface area contributed by atoms with E-state index in [4.69, 9.17) is 0 Å². The maximum atomic E-state index is 12.4. The maximum absolute atomic E-state index is 12.4. The van der Waals surface area contributed by atoms with Gasteiger partial charge in [0.1, 0.15) is 0 Å². The number of amides is 1. The van der Waals surface area contributed by atoms with Gasteiger partial charge in [-0.15, -0.1) is 0 Å². The predicted octanol–water partition coefficient (Wildman–Crippen LogP) is 10.1. The zero-order chi connectivity index (χ0) is 33.3. The van der Waals surface area contributed by atoms with Gasteiger partial charge in [0.15, 0.2) is 0 Å². The lowest BCUT2D eigenvalue weighted by atomic mass is 10.1. The van der Waals surface area contributed by atoms with Crippen LogP contribution in [0, 0.1) is 0 Å². The fourth-order valence-corrected chi connectivity index (χ4v) is 5.66. The topological polar surface area (TPSA) is 104 Å². The number of allylic oxidation sites excluding steroid dienone is 9. The molecule has 260 valence electrons. The van der Waals surface area contributed by atoms with Crippen LogP contribution in [-0.4, -0.2) is 41.9 Å². The number of aliphatic hydroxyl groups is 1. The molecule has 0 saturated carbocycles. The SMILES string of the molecule is CCC/C=C\C/C=C\CCCCCCCC(=O)NC(CS(=O)(=O)O)C(O)/C=C/CC/C=C/CC/C=C/CCCCCCCCC.